The van der Waals surface area contributed by atoms with Crippen molar-refractivity contribution in [2.45, 2.75) is 71.3 Å². The van der Waals surface area contributed by atoms with Crippen molar-refractivity contribution in [3.63, 3.8) is 0 Å². The lowest BCUT2D eigenvalue weighted by Crippen LogP contribution is -2.21. The molecule has 1 aliphatic rings. The lowest BCUT2D eigenvalue weighted by atomic mass is 10.1. The fraction of sp³-hybridized carbons (Fsp3) is 0.750. The van der Waals surface area contributed by atoms with Crippen LogP contribution in [0.25, 0.3) is 0 Å². The summed E-state index contributed by atoms with van der Waals surface area (Å²) >= 11 is 0. The van der Waals surface area contributed by atoms with E-state index in [0.29, 0.717) is 6.04 Å². The van der Waals surface area contributed by atoms with Gasteiger partial charge in [-0.3, -0.25) is 0 Å². The molecule has 0 spiro atoms. The summed E-state index contributed by atoms with van der Waals surface area (Å²) in [7, 11) is 0. The Morgan fingerprint density at radius 2 is 1.75 bits per heavy atom. The molecule has 0 amide bonds. The van der Waals surface area contributed by atoms with Crippen LogP contribution in [0.3, 0.4) is 0 Å². The molecular weight excluding hydrogens is 248 g/mol. The summed E-state index contributed by atoms with van der Waals surface area (Å²) in [4.78, 5) is 8.90. The van der Waals surface area contributed by atoms with Crippen molar-refractivity contribution >= 4 is 11.6 Å². The lowest BCUT2D eigenvalue weighted by Gasteiger charge is -2.20. The van der Waals surface area contributed by atoms with Crippen LogP contribution < -0.4 is 10.6 Å². The maximum atomic E-state index is 4.50. The topological polar surface area (TPSA) is 49.8 Å². The molecule has 4 nitrogen and oxygen atoms in total. The van der Waals surface area contributed by atoms with E-state index in [2.05, 4.69) is 34.4 Å². The van der Waals surface area contributed by atoms with E-state index in [1.807, 2.05) is 0 Å². The van der Waals surface area contributed by atoms with Crippen molar-refractivity contribution in [2.24, 2.45) is 0 Å². The van der Waals surface area contributed by atoms with Gasteiger partial charge in [-0.25, -0.2) is 9.97 Å². The van der Waals surface area contributed by atoms with Gasteiger partial charge in [0.2, 0.25) is 0 Å². The molecule has 1 aliphatic carbocycles. The molecule has 0 aromatic carbocycles. The SMILES string of the molecule is CCCc1c(NCC)ncnc1NC1CCCCCC1. The average Bonchev–Trinajstić information content (AvgIpc) is 2.71. The van der Waals surface area contributed by atoms with E-state index < -0.39 is 0 Å². The molecule has 1 aromatic rings. The first-order valence-corrected chi connectivity index (χ1v) is 8.19. The second kappa shape index (κ2) is 8.08. The van der Waals surface area contributed by atoms with E-state index in [9.17, 15) is 0 Å². The van der Waals surface area contributed by atoms with Gasteiger partial charge in [-0.1, -0.05) is 39.0 Å². The quantitative estimate of drug-likeness (QED) is 0.771. The van der Waals surface area contributed by atoms with Gasteiger partial charge in [0, 0.05) is 18.2 Å². The summed E-state index contributed by atoms with van der Waals surface area (Å²) in [6.45, 7) is 5.21. The first-order valence-electron chi connectivity index (χ1n) is 8.19. The normalized spacial score (nSPS) is 16.7. The van der Waals surface area contributed by atoms with E-state index in [4.69, 9.17) is 0 Å². The molecule has 0 unspecified atom stereocenters. The predicted molar refractivity (Wildman–Crippen MR) is 85.3 cm³/mol. The minimum atomic E-state index is 0.581. The first-order chi connectivity index (χ1) is 9.85. The minimum Gasteiger partial charge on any atom is -0.370 e. The third kappa shape index (κ3) is 4.09. The highest BCUT2D eigenvalue weighted by Crippen LogP contribution is 2.25. The Labute approximate surface area is 122 Å². The van der Waals surface area contributed by atoms with Crippen LogP contribution in [0, 0.1) is 0 Å². The molecule has 1 saturated carbocycles. The van der Waals surface area contributed by atoms with E-state index in [1.165, 1.54) is 44.1 Å². The van der Waals surface area contributed by atoms with Crippen LogP contribution in [-0.2, 0) is 6.42 Å². The van der Waals surface area contributed by atoms with Crippen LogP contribution in [0.2, 0.25) is 0 Å². The van der Waals surface area contributed by atoms with Crippen molar-refractivity contribution in [3.8, 4) is 0 Å². The van der Waals surface area contributed by atoms with Crippen molar-refractivity contribution in [2.75, 3.05) is 17.2 Å². The molecule has 4 heteroatoms. The van der Waals surface area contributed by atoms with Crippen LogP contribution in [0.1, 0.15) is 64.4 Å². The van der Waals surface area contributed by atoms with Crippen LogP contribution in [0.15, 0.2) is 6.33 Å². The summed E-state index contributed by atoms with van der Waals surface area (Å²) in [5.74, 6) is 2.05. The molecule has 1 aromatic heterocycles. The van der Waals surface area contributed by atoms with Crippen molar-refractivity contribution in [1.29, 1.82) is 0 Å². The van der Waals surface area contributed by atoms with Gasteiger partial charge in [0.1, 0.15) is 18.0 Å². The number of nitrogens with zero attached hydrogens (tertiary/aromatic N) is 2. The number of rotatable bonds is 6. The van der Waals surface area contributed by atoms with Crippen molar-refractivity contribution in [3.05, 3.63) is 11.9 Å². The smallest absolute Gasteiger partial charge is 0.134 e. The lowest BCUT2D eigenvalue weighted by molar-refractivity contribution is 0.616. The molecule has 2 N–H and O–H groups in total. The molecule has 2 rings (SSSR count). The number of hydrogen-bond donors (Lipinski definition) is 2. The highest BCUT2D eigenvalue weighted by atomic mass is 15.1. The van der Waals surface area contributed by atoms with Gasteiger partial charge >= 0.3 is 0 Å². The van der Waals surface area contributed by atoms with Crippen molar-refractivity contribution in [1.82, 2.24) is 9.97 Å². The number of nitrogens with one attached hydrogen (secondary N) is 2. The maximum Gasteiger partial charge on any atom is 0.134 e. The third-order valence-corrected chi connectivity index (χ3v) is 3.99. The second-order valence-corrected chi connectivity index (χ2v) is 5.66. The fourth-order valence-corrected chi connectivity index (χ4v) is 2.96. The van der Waals surface area contributed by atoms with Gasteiger partial charge in [0.25, 0.3) is 0 Å². The Morgan fingerprint density at radius 3 is 2.40 bits per heavy atom. The Kier molecular flexibility index (Phi) is 6.09. The van der Waals surface area contributed by atoms with Gasteiger partial charge in [-0.15, -0.1) is 0 Å². The van der Waals surface area contributed by atoms with E-state index >= 15 is 0 Å². The molecule has 20 heavy (non-hydrogen) atoms. The van der Waals surface area contributed by atoms with Gasteiger partial charge in [0.15, 0.2) is 0 Å². The van der Waals surface area contributed by atoms with Gasteiger partial charge in [0.05, 0.1) is 0 Å². The summed E-state index contributed by atoms with van der Waals surface area (Å²) in [6, 6.07) is 0.581. The Balaban J connectivity index is 2.13. The molecule has 112 valence electrons. The molecule has 1 fully saturated rings. The van der Waals surface area contributed by atoms with Crippen LogP contribution in [0.4, 0.5) is 11.6 Å². The molecular formula is C16H28N4. The highest BCUT2D eigenvalue weighted by Gasteiger charge is 2.16. The average molecular weight is 276 g/mol. The van der Waals surface area contributed by atoms with E-state index in [0.717, 1.165) is 31.0 Å². The van der Waals surface area contributed by atoms with Gasteiger partial charge in [-0.2, -0.15) is 0 Å². The van der Waals surface area contributed by atoms with E-state index in [-0.39, 0.29) is 0 Å². The molecule has 0 aliphatic heterocycles. The number of aromatic nitrogens is 2. The van der Waals surface area contributed by atoms with Crippen LogP contribution in [0.5, 0.6) is 0 Å². The highest BCUT2D eigenvalue weighted by molar-refractivity contribution is 5.57. The Bertz CT molecular complexity index is 397. The second-order valence-electron chi connectivity index (χ2n) is 5.66. The van der Waals surface area contributed by atoms with Gasteiger partial charge in [-0.05, 0) is 26.2 Å². The zero-order valence-corrected chi connectivity index (χ0v) is 12.9. The first kappa shape index (κ1) is 15.1. The number of anilines is 2. The largest absolute Gasteiger partial charge is 0.370 e. The van der Waals surface area contributed by atoms with Gasteiger partial charge < -0.3 is 10.6 Å². The third-order valence-electron chi connectivity index (χ3n) is 3.99. The summed E-state index contributed by atoms with van der Waals surface area (Å²) in [5, 5.41) is 7.04. The summed E-state index contributed by atoms with van der Waals surface area (Å²) in [6.07, 6.45) is 11.8. The summed E-state index contributed by atoms with van der Waals surface area (Å²) in [5.41, 5.74) is 1.25. The predicted octanol–water partition coefficient (Wildman–Crippen LogP) is 4.00. The Hall–Kier alpha value is -1.32. The molecule has 1 heterocycles. The maximum absolute atomic E-state index is 4.50. The fourth-order valence-electron chi connectivity index (χ4n) is 2.96. The van der Waals surface area contributed by atoms with Crippen molar-refractivity contribution < 1.29 is 0 Å². The molecule has 0 bridgehead atoms. The van der Waals surface area contributed by atoms with Crippen LogP contribution >= 0.6 is 0 Å². The summed E-state index contributed by atoms with van der Waals surface area (Å²) < 4.78 is 0. The zero-order valence-electron chi connectivity index (χ0n) is 12.9. The zero-order chi connectivity index (χ0) is 14.2. The van der Waals surface area contributed by atoms with Crippen LogP contribution in [-0.4, -0.2) is 22.6 Å². The number of hydrogen-bond acceptors (Lipinski definition) is 4. The van der Waals surface area contributed by atoms with E-state index in [1.54, 1.807) is 6.33 Å². The Morgan fingerprint density at radius 1 is 1.05 bits per heavy atom. The minimum absolute atomic E-state index is 0.581. The molecule has 0 radical (unpaired) electrons. The monoisotopic (exact) mass is 276 g/mol. The molecule has 0 atom stereocenters. The molecule has 0 saturated heterocycles. The standard InChI is InChI=1S/C16H28N4/c1-3-9-14-15(17-4-2)18-12-19-16(14)20-13-10-7-5-6-8-11-13/h12-13H,3-11H2,1-2H3,(H2,17,18,19,20).